The molecule has 0 spiro atoms. The van der Waals surface area contributed by atoms with Gasteiger partial charge >= 0.3 is 5.97 Å². The summed E-state index contributed by atoms with van der Waals surface area (Å²) in [7, 11) is 0. The Balaban J connectivity index is 2.03. The molecule has 104 valence electrons. The summed E-state index contributed by atoms with van der Waals surface area (Å²) in [5.74, 6) is -1.37. The lowest BCUT2D eigenvalue weighted by Gasteiger charge is -2.23. The fourth-order valence-electron chi connectivity index (χ4n) is 2.66. The van der Waals surface area contributed by atoms with Crippen LogP contribution in [0.25, 0.3) is 0 Å². The summed E-state index contributed by atoms with van der Waals surface area (Å²) in [6.45, 7) is 0.705. The standard InChI is InChI=1S/C14H12BrNO3S/c15-9-5-7-20-13(9)12(17)11-4-3-10-8(14(18)19)2-1-6-16(10)11/h3-5,7-8H,1-2,6H2,(H,18,19). The van der Waals surface area contributed by atoms with Crippen molar-refractivity contribution in [3.63, 3.8) is 0 Å². The van der Waals surface area contributed by atoms with Crippen molar-refractivity contribution < 1.29 is 14.7 Å². The van der Waals surface area contributed by atoms with Gasteiger partial charge in [-0.2, -0.15) is 0 Å². The summed E-state index contributed by atoms with van der Waals surface area (Å²) in [6, 6.07) is 5.36. The molecule has 0 bridgehead atoms. The maximum Gasteiger partial charge on any atom is 0.312 e. The zero-order valence-corrected chi connectivity index (χ0v) is 12.9. The number of carboxylic acid groups (broad SMARTS) is 1. The van der Waals surface area contributed by atoms with Gasteiger partial charge in [-0.25, -0.2) is 0 Å². The van der Waals surface area contributed by atoms with E-state index in [0.29, 0.717) is 23.5 Å². The summed E-state index contributed by atoms with van der Waals surface area (Å²) in [5, 5.41) is 11.1. The Labute approximate surface area is 128 Å². The third-order valence-electron chi connectivity index (χ3n) is 3.60. The number of nitrogens with zero attached hydrogens (tertiary/aromatic N) is 1. The topological polar surface area (TPSA) is 59.3 Å². The molecule has 2 aromatic rings. The predicted octanol–water partition coefficient (Wildman–Crippen LogP) is 3.51. The number of ketones is 1. The Bertz CT molecular complexity index is 688. The van der Waals surface area contributed by atoms with Crippen LogP contribution >= 0.6 is 27.3 Å². The molecule has 6 heteroatoms. The highest BCUT2D eigenvalue weighted by Crippen LogP contribution is 2.32. The average Bonchev–Trinajstić information content (AvgIpc) is 3.03. The van der Waals surface area contributed by atoms with Crippen molar-refractivity contribution in [2.45, 2.75) is 25.3 Å². The van der Waals surface area contributed by atoms with Crippen LogP contribution in [0, 0.1) is 0 Å². The molecule has 3 heterocycles. The lowest BCUT2D eigenvalue weighted by Crippen LogP contribution is -2.23. The molecule has 3 rings (SSSR count). The molecular weight excluding hydrogens is 342 g/mol. The van der Waals surface area contributed by atoms with Crippen LogP contribution in [0.1, 0.15) is 39.8 Å². The van der Waals surface area contributed by atoms with Crippen molar-refractivity contribution in [3.8, 4) is 0 Å². The molecule has 1 N–H and O–H groups in total. The summed E-state index contributed by atoms with van der Waals surface area (Å²) in [6.07, 6.45) is 1.42. The highest BCUT2D eigenvalue weighted by atomic mass is 79.9. The van der Waals surface area contributed by atoms with Crippen molar-refractivity contribution in [3.05, 3.63) is 44.3 Å². The van der Waals surface area contributed by atoms with Crippen LogP contribution in [-0.2, 0) is 11.3 Å². The summed E-state index contributed by atoms with van der Waals surface area (Å²) >= 11 is 4.76. The number of carbonyl (C=O) groups excluding carboxylic acids is 1. The largest absolute Gasteiger partial charge is 0.481 e. The number of halogens is 1. The van der Waals surface area contributed by atoms with E-state index in [4.69, 9.17) is 0 Å². The minimum atomic E-state index is -0.819. The van der Waals surface area contributed by atoms with Crippen molar-refractivity contribution in [2.24, 2.45) is 0 Å². The SMILES string of the molecule is O=C(c1sccc1Br)c1ccc2n1CCCC2C(=O)O. The fourth-order valence-corrected chi connectivity index (χ4v) is 4.16. The lowest BCUT2D eigenvalue weighted by atomic mass is 9.96. The van der Waals surface area contributed by atoms with Crippen LogP contribution in [-0.4, -0.2) is 21.4 Å². The van der Waals surface area contributed by atoms with Crippen LogP contribution in [0.3, 0.4) is 0 Å². The van der Waals surface area contributed by atoms with Gasteiger partial charge in [0.15, 0.2) is 0 Å². The first kappa shape index (κ1) is 13.6. The monoisotopic (exact) mass is 353 g/mol. The minimum absolute atomic E-state index is 0.0517. The molecule has 1 aliphatic rings. The second kappa shape index (κ2) is 5.18. The first-order valence-corrected chi connectivity index (χ1v) is 7.97. The van der Waals surface area contributed by atoms with E-state index >= 15 is 0 Å². The van der Waals surface area contributed by atoms with Gasteiger partial charge in [-0.1, -0.05) is 0 Å². The van der Waals surface area contributed by atoms with Gasteiger partial charge in [-0.3, -0.25) is 9.59 Å². The van der Waals surface area contributed by atoms with Crippen LogP contribution in [0.2, 0.25) is 0 Å². The molecule has 20 heavy (non-hydrogen) atoms. The normalized spacial score (nSPS) is 17.8. The molecule has 0 saturated carbocycles. The van der Waals surface area contributed by atoms with Crippen LogP contribution in [0.5, 0.6) is 0 Å². The number of carbonyl (C=O) groups is 2. The highest BCUT2D eigenvalue weighted by molar-refractivity contribution is 9.10. The van der Waals surface area contributed by atoms with E-state index in [1.807, 2.05) is 16.0 Å². The smallest absolute Gasteiger partial charge is 0.312 e. The molecule has 1 aliphatic heterocycles. The van der Waals surface area contributed by atoms with Crippen molar-refractivity contribution in [1.82, 2.24) is 4.57 Å². The van der Waals surface area contributed by atoms with Gasteiger partial charge in [0, 0.05) is 16.7 Å². The van der Waals surface area contributed by atoms with Crippen LogP contribution < -0.4 is 0 Å². The maximum absolute atomic E-state index is 12.6. The number of hydrogen-bond donors (Lipinski definition) is 1. The molecule has 0 fully saturated rings. The lowest BCUT2D eigenvalue weighted by molar-refractivity contribution is -0.139. The molecule has 1 atom stereocenters. The van der Waals surface area contributed by atoms with E-state index in [9.17, 15) is 14.7 Å². The van der Waals surface area contributed by atoms with E-state index in [0.717, 1.165) is 16.6 Å². The number of fused-ring (bicyclic) bond motifs is 1. The summed E-state index contributed by atoms with van der Waals surface area (Å²) < 4.78 is 2.64. The Kier molecular flexibility index (Phi) is 3.52. The van der Waals surface area contributed by atoms with Gasteiger partial charge in [-0.05, 0) is 52.4 Å². The van der Waals surface area contributed by atoms with Crippen LogP contribution in [0.4, 0.5) is 0 Å². The van der Waals surface area contributed by atoms with Gasteiger partial charge in [0.1, 0.15) is 0 Å². The number of aromatic nitrogens is 1. The Morgan fingerprint density at radius 1 is 1.35 bits per heavy atom. The van der Waals surface area contributed by atoms with E-state index < -0.39 is 11.9 Å². The van der Waals surface area contributed by atoms with Crippen molar-refractivity contribution in [1.29, 1.82) is 0 Å². The van der Waals surface area contributed by atoms with Crippen molar-refractivity contribution in [2.75, 3.05) is 0 Å². The molecule has 0 aromatic carbocycles. The molecule has 4 nitrogen and oxygen atoms in total. The number of aliphatic carboxylic acids is 1. The first-order chi connectivity index (χ1) is 9.59. The number of hydrogen-bond acceptors (Lipinski definition) is 3. The molecule has 0 amide bonds. The number of thiophene rings is 1. The zero-order valence-electron chi connectivity index (χ0n) is 10.5. The maximum atomic E-state index is 12.6. The van der Waals surface area contributed by atoms with Gasteiger partial charge in [0.25, 0.3) is 0 Å². The van der Waals surface area contributed by atoms with E-state index in [1.165, 1.54) is 11.3 Å². The molecule has 1 unspecified atom stereocenters. The molecule has 0 aliphatic carbocycles. The second-order valence-electron chi connectivity index (χ2n) is 4.75. The zero-order chi connectivity index (χ0) is 14.3. The summed E-state index contributed by atoms with van der Waals surface area (Å²) in [5.41, 5.74) is 1.31. The van der Waals surface area contributed by atoms with E-state index in [-0.39, 0.29) is 5.78 Å². The summed E-state index contributed by atoms with van der Waals surface area (Å²) in [4.78, 5) is 24.5. The highest BCUT2D eigenvalue weighted by Gasteiger charge is 2.30. The first-order valence-electron chi connectivity index (χ1n) is 6.29. The Hall–Kier alpha value is -1.40. The third-order valence-corrected chi connectivity index (χ3v) is 5.44. The Morgan fingerprint density at radius 2 is 2.15 bits per heavy atom. The average molecular weight is 354 g/mol. The quantitative estimate of drug-likeness (QED) is 0.859. The van der Waals surface area contributed by atoms with Gasteiger partial charge in [-0.15, -0.1) is 11.3 Å². The second-order valence-corrected chi connectivity index (χ2v) is 6.53. The predicted molar refractivity (Wildman–Crippen MR) is 79.5 cm³/mol. The van der Waals surface area contributed by atoms with E-state index in [1.54, 1.807) is 12.1 Å². The van der Waals surface area contributed by atoms with Crippen LogP contribution in [0.15, 0.2) is 28.1 Å². The molecule has 0 radical (unpaired) electrons. The number of carboxylic acids is 1. The number of rotatable bonds is 3. The molecular formula is C14H12BrNO3S. The Morgan fingerprint density at radius 3 is 2.80 bits per heavy atom. The fraction of sp³-hybridized carbons (Fsp3) is 0.286. The van der Waals surface area contributed by atoms with Gasteiger partial charge in [0.05, 0.1) is 16.5 Å². The van der Waals surface area contributed by atoms with Gasteiger partial charge in [0.2, 0.25) is 5.78 Å². The van der Waals surface area contributed by atoms with E-state index in [2.05, 4.69) is 15.9 Å². The molecule has 2 aromatic heterocycles. The minimum Gasteiger partial charge on any atom is -0.481 e. The molecule has 0 saturated heterocycles. The third kappa shape index (κ3) is 2.13. The van der Waals surface area contributed by atoms with Crippen molar-refractivity contribution >= 4 is 39.0 Å². The van der Waals surface area contributed by atoms with Gasteiger partial charge < -0.3 is 9.67 Å².